The van der Waals surface area contributed by atoms with E-state index in [1.807, 2.05) is 38.1 Å². The van der Waals surface area contributed by atoms with Crippen LogP contribution in [0.4, 0.5) is 5.13 Å². The monoisotopic (exact) mass is 411 g/mol. The summed E-state index contributed by atoms with van der Waals surface area (Å²) in [5.41, 5.74) is 3.28. The van der Waals surface area contributed by atoms with Crippen molar-refractivity contribution in [3.05, 3.63) is 70.8 Å². The Labute approximate surface area is 171 Å². The molecule has 1 aromatic carbocycles. The SMILES string of the molecule is CCn1nccc1C(=O)N(Cc1cccnc1)c1nc2c(C)ccc(Cl)c2s1. The fraction of sp³-hybridized carbons (Fsp3) is 0.200. The van der Waals surface area contributed by atoms with Gasteiger partial charge in [0, 0.05) is 25.1 Å². The zero-order valence-electron chi connectivity index (χ0n) is 15.5. The highest BCUT2D eigenvalue weighted by atomic mass is 35.5. The van der Waals surface area contributed by atoms with Gasteiger partial charge in [-0.05, 0) is 43.2 Å². The summed E-state index contributed by atoms with van der Waals surface area (Å²) in [6, 6.07) is 9.32. The molecule has 4 aromatic rings. The number of aryl methyl sites for hydroxylation is 2. The van der Waals surface area contributed by atoms with E-state index >= 15 is 0 Å². The summed E-state index contributed by atoms with van der Waals surface area (Å²) in [5, 5.41) is 5.47. The van der Waals surface area contributed by atoms with Crippen LogP contribution in [0, 0.1) is 6.92 Å². The molecule has 0 radical (unpaired) electrons. The second kappa shape index (κ2) is 7.69. The summed E-state index contributed by atoms with van der Waals surface area (Å²) in [5.74, 6) is -0.156. The molecule has 3 aromatic heterocycles. The van der Waals surface area contributed by atoms with Crippen LogP contribution in [0.1, 0.15) is 28.5 Å². The number of fused-ring (bicyclic) bond motifs is 1. The number of halogens is 1. The molecule has 3 heterocycles. The van der Waals surface area contributed by atoms with E-state index in [1.165, 1.54) is 11.3 Å². The molecule has 0 aliphatic carbocycles. The van der Waals surface area contributed by atoms with Gasteiger partial charge in [-0.2, -0.15) is 5.10 Å². The number of carbonyl (C=O) groups is 1. The molecule has 0 atom stereocenters. The maximum Gasteiger partial charge on any atom is 0.278 e. The first-order chi connectivity index (χ1) is 13.6. The third-order valence-electron chi connectivity index (χ3n) is 4.46. The number of thiazole rings is 1. The number of hydrogen-bond acceptors (Lipinski definition) is 5. The maximum atomic E-state index is 13.4. The highest BCUT2D eigenvalue weighted by Crippen LogP contribution is 2.36. The number of nitrogens with zero attached hydrogens (tertiary/aromatic N) is 5. The quantitative estimate of drug-likeness (QED) is 0.476. The third-order valence-corrected chi connectivity index (χ3v) is 6.00. The van der Waals surface area contributed by atoms with E-state index in [-0.39, 0.29) is 5.91 Å². The van der Waals surface area contributed by atoms with Crippen molar-refractivity contribution in [3.8, 4) is 0 Å². The standard InChI is InChI=1S/C20H18ClN5OS/c1-3-26-16(8-10-23-26)19(27)25(12-14-5-4-9-22-11-14)20-24-17-13(2)6-7-15(21)18(17)28-20/h4-11H,3,12H2,1-2H3. The van der Waals surface area contributed by atoms with E-state index in [1.54, 1.807) is 34.2 Å². The van der Waals surface area contributed by atoms with Crippen molar-refractivity contribution in [2.24, 2.45) is 0 Å². The van der Waals surface area contributed by atoms with E-state index in [2.05, 4.69) is 10.1 Å². The van der Waals surface area contributed by atoms with E-state index in [0.29, 0.717) is 28.9 Å². The molecule has 1 amide bonds. The van der Waals surface area contributed by atoms with Crippen molar-refractivity contribution in [3.63, 3.8) is 0 Å². The Morgan fingerprint density at radius 3 is 2.82 bits per heavy atom. The number of benzene rings is 1. The molecule has 4 rings (SSSR count). The molecule has 0 saturated heterocycles. The summed E-state index contributed by atoms with van der Waals surface area (Å²) in [7, 11) is 0. The lowest BCUT2D eigenvalue weighted by Crippen LogP contribution is -2.32. The smallest absolute Gasteiger partial charge is 0.278 e. The molecular weight excluding hydrogens is 394 g/mol. The fourth-order valence-corrected chi connectivity index (χ4v) is 4.33. The van der Waals surface area contributed by atoms with Gasteiger partial charge in [0.25, 0.3) is 5.91 Å². The predicted octanol–water partition coefficient (Wildman–Crippen LogP) is 4.72. The normalized spacial score (nSPS) is 11.1. The van der Waals surface area contributed by atoms with Crippen LogP contribution in [0.2, 0.25) is 5.02 Å². The second-order valence-corrected chi connectivity index (χ2v) is 7.71. The number of amides is 1. The summed E-state index contributed by atoms with van der Waals surface area (Å²) in [6.07, 6.45) is 5.10. The molecule has 0 fully saturated rings. The summed E-state index contributed by atoms with van der Waals surface area (Å²) < 4.78 is 2.56. The van der Waals surface area contributed by atoms with Gasteiger partial charge in [0.15, 0.2) is 5.13 Å². The Kier molecular flexibility index (Phi) is 5.11. The van der Waals surface area contributed by atoms with Gasteiger partial charge in [-0.1, -0.05) is 35.1 Å². The minimum absolute atomic E-state index is 0.156. The molecule has 28 heavy (non-hydrogen) atoms. The van der Waals surface area contributed by atoms with Crippen molar-refractivity contribution in [1.29, 1.82) is 0 Å². The van der Waals surface area contributed by atoms with Gasteiger partial charge in [-0.3, -0.25) is 19.4 Å². The van der Waals surface area contributed by atoms with Crippen LogP contribution in [-0.2, 0) is 13.1 Å². The summed E-state index contributed by atoms with van der Waals surface area (Å²) in [4.78, 5) is 24.0. The van der Waals surface area contributed by atoms with Crippen LogP contribution in [-0.4, -0.2) is 25.7 Å². The lowest BCUT2D eigenvalue weighted by Gasteiger charge is -2.20. The molecule has 0 N–H and O–H groups in total. The van der Waals surface area contributed by atoms with Crippen molar-refractivity contribution in [2.45, 2.75) is 26.9 Å². The first kappa shape index (κ1) is 18.6. The van der Waals surface area contributed by atoms with E-state index in [0.717, 1.165) is 21.3 Å². The minimum atomic E-state index is -0.156. The van der Waals surface area contributed by atoms with Crippen LogP contribution in [0.25, 0.3) is 10.2 Å². The predicted molar refractivity (Wildman–Crippen MR) is 112 cm³/mol. The van der Waals surface area contributed by atoms with Crippen molar-refractivity contribution in [2.75, 3.05) is 4.90 Å². The Bertz CT molecular complexity index is 1100. The highest BCUT2D eigenvalue weighted by Gasteiger charge is 2.25. The summed E-state index contributed by atoms with van der Waals surface area (Å²) >= 11 is 7.79. The first-order valence-electron chi connectivity index (χ1n) is 8.86. The third kappa shape index (κ3) is 3.39. The van der Waals surface area contributed by atoms with Crippen molar-refractivity contribution >= 4 is 44.2 Å². The average molecular weight is 412 g/mol. The summed E-state index contributed by atoms with van der Waals surface area (Å²) in [6.45, 7) is 4.91. The molecule has 8 heteroatoms. The Morgan fingerprint density at radius 1 is 1.25 bits per heavy atom. The van der Waals surface area contributed by atoms with Crippen LogP contribution in [0.3, 0.4) is 0 Å². The second-order valence-electron chi connectivity index (χ2n) is 6.32. The van der Waals surface area contributed by atoms with Gasteiger partial charge < -0.3 is 0 Å². The number of carbonyl (C=O) groups excluding carboxylic acids is 1. The molecule has 0 aliphatic rings. The van der Waals surface area contributed by atoms with Gasteiger partial charge in [-0.15, -0.1) is 0 Å². The number of pyridine rings is 1. The van der Waals surface area contributed by atoms with Crippen LogP contribution in [0.5, 0.6) is 0 Å². The minimum Gasteiger partial charge on any atom is -0.278 e. The molecule has 0 aliphatic heterocycles. The van der Waals surface area contributed by atoms with Gasteiger partial charge in [0.05, 0.1) is 21.8 Å². The number of hydrogen-bond donors (Lipinski definition) is 0. The average Bonchev–Trinajstić information content (AvgIpc) is 3.37. The van der Waals surface area contributed by atoms with Gasteiger partial charge in [0.2, 0.25) is 0 Å². The maximum absolute atomic E-state index is 13.4. The molecule has 142 valence electrons. The largest absolute Gasteiger partial charge is 0.278 e. The Balaban J connectivity index is 1.82. The topological polar surface area (TPSA) is 63.9 Å². The zero-order chi connectivity index (χ0) is 19.7. The lowest BCUT2D eigenvalue weighted by atomic mass is 10.2. The Morgan fingerprint density at radius 2 is 2.11 bits per heavy atom. The fourth-order valence-electron chi connectivity index (χ4n) is 3.01. The van der Waals surface area contributed by atoms with Crippen LogP contribution in [0.15, 0.2) is 48.9 Å². The van der Waals surface area contributed by atoms with Crippen LogP contribution >= 0.6 is 22.9 Å². The highest BCUT2D eigenvalue weighted by molar-refractivity contribution is 7.23. The van der Waals surface area contributed by atoms with Crippen molar-refractivity contribution < 1.29 is 4.79 Å². The van der Waals surface area contributed by atoms with E-state index < -0.39 is 0 Å². The van der Waals surface area contributed by atoms with Crippen molar-refractivity contribution in [1.82, 2.24) is 19.7 Å². The molecule has 0 bridgehead atoms. The molecule has 0 unspecified atom stereocenters. The van der Waals surface area contributed by atoms with Gasteiger partial charge in [-0.25, -0.2) is 4.98 Å². The Hall–Kier alpha value is -2.77. The molecular formula is C20H18ClN5OS. The molecule has 0 spiro atoms. The van der Waals surface area contributed by atoms with Gasteiger partial charge in [0.1, 0.15) is 5.69 Å². The lowest BCUT2D eigenvalue weighted by molar-refractivity contribution is 0.0975. The van der Waals surface area contributed by atoms with Crippen LogP contribution < -0.4 is 4.90 Å². The van der Waals surface area contributed by atoms with E-state index in [4.69, 9.17) is 16.6 Å². The number of aromatic nitrogens is 4. The number of anilines is 1. The van der Waals surface area contributed by atoms with Gasteiger partial charge >= 0.3 is 0 Å². The zero-order valence-corrected chi connectivity index (χ0v) is 17.0. The molecule has 6 nitrogen and oxygen atoms in total. The van der Waals surface area contributed by atoms with E-state index in [9.17, 15) is 4.79 Å². The molecule has 0 saturated carbocycles. The first-order valence-corrected chi connectivity index (χ1v) is 10.1. The number of rotatable bonds is 5.